The summed E-state index contributed by atoms with van der Waals surface area (Å²) in [6.07, 6.45) is 4.56. The van der Waals surface area contributed by atoms with Crippen LogP contribution in [0.3, 0.4) is 0 Å². The summed E-state index contributed by atoms with van der Waals surface area (Å²) >= 11 is 0. The van der Waals surface area contributed by atoms with Crippen LogP contribution in [-0.4, -0.2) is 55.3 Å². The van der Waals surface area contributed by atoms with Gasteiger partial charge in [0.2, 0.25) is 0 Å². The Labute approximate surface area is 139 Å². The van der Waals surface area contributed by atoms with E-state index in [9.17, 15) is 4.39 Å². The van der Waals surface area contributed by atoms with E-state index < -0.39 is 6.17 Å². The van der Waals surface area contributed by atoms with Crippen molar-refractivity contribution in [1.29, 1.82) is 0 Å². The number of halogens is 1. The number of hydrogen-bond donors (Lipinski definition) is 0. The van der Waals surface area contributed by atoms with Crippen LogP contribution in [0.1, 0.15) is 37.7 Å². The number of ether oxygens (including phenoxy) is 1. The highest BCUT2D eigenvalue weighted by atomic mass is 19.1. The molecule has 0 spiro atoms. The molecule has 0 atom stereocenters. The van der Waals surface area contributed by atoms with E-state index in [1.807, 2.05) is 0 Å². The summed E-state index contributed by atoms with van der Waals surface area (Å²) in [6.45, 7) is 7.12. The van der Waals surface area contributed by atoms with Gasteiger partial charge in [-0.1, -0.05) is 12.1 Å². The number of nitrogens with zero attached hydrogens (tertiary/aromatic N) is 2. The number of alkyl halides is 1. The van der Waals surface area contributed by atoms with Gasteiger partial charge in [0, 0.05) is 26.2 Å². The zero-order valence-corrected chi connectivity index (χ0v) is 14.1. The Bertz CT molecular complexity index is 451. The highest BCUT2D eigenvalue weighted by molar-refractivity contribution is 5.27. The summed E-state index contributed by atoms with van der Waals surface area (Å²) in [4.78, 5) is 4.86. The normalized spacial score (nSPS) is 20.9. The molecule has 3 rings (SSSR count). The maximum absolute atomic E-state index is 13.1. The lowest BCUT2D eigenvalue weighted by atomic mass is 10.1. The second kappa shape index (κ2) is 8.65. The summed E-state index contributed by atoms with van der Waals surface area (Å²) in [5, 5.41) is 0. The van der Waals surface area contributed by atoms with Crippen LogP contribution in [0, 0.1) is 0 Å². The third kappa shape index (κ3) is 5.47. The largest absolute Gasteiger partial charge is 0.494 e. The molecule has 4 heteroatoms. The van der Waals surface area contributed by atoms with E-state index in [2.05, 4.69) is 34.1 Å². The number of rotatable bonds is 7. The quantitative estimate of drug-likeness (QED) is 0.715. The molecule has 0 aliphatic carbocycles. The van der Waals surface area contributed by atoms with Crippen molar-refractivity contribution < 1.29 is 9.13 Å². The predicted molar refractivity (Wildman–Crippen MR) is 91.6 cm³/mol. The van der Waals surface area contributed by atoms with E-state index in [1.54, 1.807) is 0 Å². The van der Waals surface area contributed by atoms with Gasteiger partial charge in [0.05, 0.1) is 6.61 Å². The fourth-order valence-electron chi connectivity index (χ4n) is 3.49. The Hall–Kier alpha value is -1.13. The lowest BCUT2D eigenvalue weighted by Gasteiger charge is -2.28. The van der Waals surface area contributed by atoms with Crippen molar-refractivity contribution in [2.45, 2.75) is 44.8 Å². The van der Waals surface area contributed by atoms with Gasteiger partial charge in [-0.25, -0.2) is 4.39 Å². The molecule has 1 aromatic carbocycles. The third-order valence-electron chi connectivity index (χ3n) is 4.93. The van der Waals surface area contributed by atoms with Crippen LogP contribution >= 0.6 is 0 Å². The molecule has 1 aromatic rings. The Morgan fingerprint density at radius 3 is 2.35 bits per heavy atom. The maximum Gasteiger partial charge on any atom is 0.119 e. The van der Waals surface area contributed by atoms with Gasteiger partial charge in [0.25, 0.3) is 0 Å². The molecule has 0 N–H and O–H groups in total. The smallest absolute Gasteiger partial charge is 0.119 e. The second-order valence-electron chi connectivity index (χ2n) is 6.85. The standard InChI is InChI=1S/C19H29FN2O/c20-18-8-13-22(14-9-18)16-17-4-6-19(7-5-17)23-15-3-12-21-10-1-2-11-21/h4-7,18H,1-3,8-16H2. The second-order valence-corrected chi connectivity index (χ2v) is 6.85. The van der Waals surface area contributed by atoms with Crippen LogP contribution in [0.15, 0.2) is 24.3 Å². The van der Waals surface area contributed by atoms with Gasteiger partial charge in [-0.2, -0.15) is 0 Å². The minimum Gasteiger partial charge on any atom is -0.494 e. The highest BCUT2D eigenvalue weighted by Crippen LogP contribution is 2.18. The number of likely N-dealkylation sites (tertiary alicyclic amines) is 2. The fraction of sp³-hybridized carbons (Fsp3) is 0.684. The molecular formula is C19H29FN2O. The SMILES string of the molecule is FC1CCN(Cc2ccc(OCCCN3CCCC3)cc2)CC1. The molecule has 0 amide bonds. The van der Waals surface area contributed by atoms with Gasteiger partial charge < -0.3 is 9.64 Å². The Balaban J connectivity index is 1.35. The molecule has 0 bridgehead atoms. The first-order valence-electron chi connectivity index (χ1n) is 9.10. The van der Waals surface area contributed by atoms with Crippen LogP contribution in [0.2, 0.25) is 0 Å². The van der Waals surface area contributed by atoms with Crippen molar-refractivity contribution in [3.63, 3.8) is 0 Å². The Morgan fingerprint density at radius 2 is 1.65 bits per heavy atom. The maximum atomic E-state index is 13.1. The molecule has 0 aromatic heterocycles. The van der Waals surface area contributed by atoms with Crippen LogP contribution in [-0.2, 0) is 6.54 Å². The first-order chi connectivity index (χ1) is 11.3. The van der Waals surface area contributed by atoms with E-state index in [0.29, 0.717) is 12.8 Å². The molecule has 0 radical (unpaired) electrons. The summed E-state index contributed by atoms with van der Waals surface area (Å²) < 4.78 is 19.0. The van der Waals surface area contributed by atoms with Gasteiger partial charge in [-0.15, -0.1) is 0 Å². The number of piperidine rings is 1. The van der Waals surface area contributed by atoms with Gasteiger partial charge in [0.15, 0.2) is 0 Å². The number of benzene rings is 1. The molecule has 128 valence electrons. The van der Waals surface area contributed by atoms with Gasteiger partial charge in [0.1, 0.15) is 11.9 Å². The molecule has 2 aliphatic heterocycles. The molecule has 2 saturated heterocycles. The summed E-state index contributed by atoms with van der Waals surface area (Å²) in [5.41, 5.74) is 1.28. The van der Waals surface area contributed by atoms with Gasteiger partial charge in [-0.3, -0.25) is 4.90 Å². The van der Waals surface area contributed by atoms with Crippen molar-refractivity contribution in [3.8, 4) is 5.75 Å². The highest BCUT2D eigenvalue weighted by Gasteiger charge is 2.18. The van der Waals surface area contributed by atoms with E-state index in [-0.39, 0.29) is 0 Å². The van der Waals surface area contributed by atoms with Crippen molar-refractivity contribution in [2.75, 3.05) is 39.3 Å². The molecule has 0 saturated carbocycles. The van der Waals surface area contributed by atoms with Crippen LogP contribution in [0.5, 0.6) is 5.75 Å². The number of hydrogen-bond acceptors (Lipinski definition) is 3. The van der Waals surface area contributed by atoms with E-state index in [4.69, 9.17) is 4.74 Å². The molecule has 3 nitrogen and oxygen atoms in total. The van der Waals surface area contributed by atoms with E-state index in [1.165, 1.54) is 31.5 Å². The lowest BCUT2D eigenvalue weighted by Crippen LogP contribution is -2.33. The zero-order chi connectivity index (χ0) is 15.9. The van der Waals surface area contributed by atoms with Crippen LogP contribution in [0.25, 0.3) is 0 Å². The fourth-order valence-corrected chi connectivity index (χ4v) is 3.49. The first kappa shape index (κ1) is 16.7. The first-order valence-corrected chi connectivity index (χ1v) is 9.10. The zero-order valence-electron chi connectivity index (χ0n) is 14.1. The topological polar surface area (TPSA) is 15.7 Å². The van der Waals surface area contributed by atoms with E-state index >= 15 is 0 Å². The average Bonchev–Trinajstić information content (AvgIpc) is 3.09. The Morgan fingerprint density at radius 1 is 0.957 bits per heavy atom. The molecule has 23 heavy (non-hydrogen) atoms. The minimum atomic E-state index is -0.595. The minimum absolute atomic E-state index is 0.595. The molecule has 2 heterocycles. The van der Waals surface area contributed by atoms with Crippen molar-refractivity contribution in [3.05, 3.63) is 29.8 Å². The van der Waals surface area contributed by atoms with Crippen LogP contribution < -0.4 is 4.74 Å². The van der Waals surface area contributed by atoms with Crippen LogP contribution in [0.4, 0.5) is 4.39 Å². The summed E-state index contributed by atoms with van der Waals surface area (Å²) in [5.74, 6) is 0.956. The Kier molecular flexibility index (Phi) is 6.29. The van der Waals surface area contributed by atoms with Crippen molar-refractivity contribution in [1.82, 2.24) is 9.80 Å². The van der Waals surface area contributed by atoms with Crippen molar-refractivity contribution in [2.24, 2.45) is 0 Å². The lowest BCUT2D eigenvalue weighted by molar-refractivity contribution is 0.145. The predicted octanol–water partition coefficient (Wildman–Crippen LogP) is 3.49. The van der Waals surface area contributed by atoms with Gasteiger partial charge >= 0.3 is 0 Å². The molecular weight excluding hydrogens is 291 g/mol. The molecule has 0 unspecified atom stereocenters. The summed E-state index contributed by atoms with van der Waals surface area (Å²) in [6, 6.07) is 8.40. The average molecular weight is 320 g/mol. The third-order valence-corrected chi connectivity index (χ3v) is 4.93. The van der Waals surface area contributed by atoms with Gasteiger partial charge in [-0.05, 0) is 62.9 Å². The molecule has 2 aliphatic rings. The van der Waals surface area contributed by atoms with Crippen molar-refractivity contribution >= 4 is 0 Å². The van der Waals surface area contributed by atoms with E-state index in [0.717, 1.165) is 45.0 Å². The molecule has 2 fully saturated rings. The summed E-state index contributed by atoms with van der Waals surface area (Å²) in [7, 11) is 0. The monoisotopic (exact) mass is 320 g/mol.